The Hall–Kier alpha value is -0.280. The van der Waals surface area contributed by atoms with Gasteiger partial charge in [-0.3, -0.25) is 9.63 Å². The van der Waals surface area contributed by atoms with Crippen molar-refractivity contribution < 1.29 is 9.63 Å². The Morgan fingerprint density at radius 3 is 3.00 bits per heavy atom. The fourth-order valence-corrected chi connectivity index (χ4v) is 1.12. The molecule has 1 saturated heterocycles. The molecule has 0 aromatic rings. The standard InChI is InChI=1S/C7H12ClNO2/c8-4-1-3-7(10)9-5-2-6-11-9/h1-6H2. The third-order valence-electron chi connectivity index (χ3n) is 1.56. The summed E-state index contributed by atoms with van der Waals surface area (Å²) in [5.41, 5.74) is 0. The number of hydroxylamine groups is 2. The third kappa shape index (κ3) is 2.67. The summed E-state index contributed by atoms with van der Waals surface area (Å²) in [5.74, 6) is 0.600. The van der Waals surface area contributed by atoms with E-state index >= 15 is 0 Å². The molecule has 64 valence electrons. The Kier molecular flexibility index (Phi) is 3.66. The molecule has 4 heteroatoms. The maximum atomic E-state index is 11.1. The molecule has 1 fully saturated rings. The molecule has 1 amide bonds. The number of amides is 1. The zero-order chi connectivity index (χ0) is 8.10. The summed E-state index contributed by atoms with van der Waals surface area (Å²) >= 11 is 5.44. The molecule has 1 rings (SSSR count). The fourth-order valence-electron chi connectivity index (χ4n) is 0.987. The van der Waals surface area contributed by atoms with Crippen LogP contribution in [0.15, 0.2) is 0 Å². The monoisotopic (exact) mass is 177 g/mol. The smallest absolute Gasteiger partial charge is 0.246 e. The third-order valence-corrected chi connectivity index (χ3v) is 1.82. The van der Waals surface area contributed by atoms with Gasteiger partial charge in [-0.1, -0.05) is 0 Å². The largest absolute Gasteiger partial charge is 0.273 e. The van der Waals surface area contributed by atoms with Gasteiger partial charge in [-0.15, -0.1) is 11.6 Å². The minimum absolute atomic E-state index is 0.0585. The van der Waals surface area contributed by atoms with E-state index < -0.39 is 0 Å². The number of hydrogen-bond donors (Lipinski definition) is 0. The highest BCUT2D eigenvalue weighted by atomic mass is 35.5. The number of carbonyl (C=O) groups excluding carboxylic acids is 1. The lowest BCUT2D eigenvalue weighted by Crippen LogP contribution is -2.26. The molecule has 0 radical (unpaired) electrons. The van der Waals surface area contributed by atoms with Gasteiger partial charge in [0.1, 0.15) is 0 Å². The highest BCUT2D eigenvalue weighted by Gasteiger charge is 2.17. The second-order valence-corrected chi connectivity index (χ2v) is 2.85. The van der Waals surface area contributed by atoms with Crippen molar-refractivity contribution >= 4 is 17.5 Å². The Morgan fingerprint density at radius 1 is 1.64 bits per heavy atom. The summed E-state index contributed by atoms with van der Waals surface area (Å²) < 4.78 is 0. The van der Waals surface area contributed by atoms with Crippen molar-refractivity contribution in [3.63, 3.8) is 0 Å². The fraction of sp³-hybridized carbons (Fsp3) is 0.857. The van der Waals surface area contributed by atoms with Crippen molar-refractivity contribution in [3.8, 4) is 0 Å². The van der Waals surface area contributed by atoms with Gasteiger partial charge in [0.25, 0.3) is 0 Å². The van der Waals surface area contributed by atoms with Gasteiger partial charge in [0.2, 0.25) is 5.91 Å². The van der Waals surface area contributed by atoms with Crippen LogP contribution in [0.5, 0.6) is 0 Å². The normalized spacial score (nSPS) is 17.4. The molecule has 0 aliphatic carbocycles. The molecule has 0 bridgehead atoms. The molecular formula is C7H12ClNO2. The average molecular weight is 178 g/mol. The molecule has 0 N–H and O–H groups in total. The minimum Gasteiger partial charge on any atom is -0.273 e. The molecule has 0 unspecified atom stereocenters. The topological polar surface area (TPSA) is 29.5 Å². The first-order chi connectivity index (χ1) is 5.34. The van der Waals surface area contributed by atoms with Crippen molar-refractivity contribution in [2.75, 3.05) is 19.0 Å². The minimum atomic E-state index is 0.0585. The predicted molar refractivity (Wildman–Crippen MR) is 42.2 cm³/mol. The first-order valence-corrected chi connectivity index (χ1v) is 4.37. The molecule has 1 aliphatic rings. The van der Waals surface area contributed by atoms with E-state index in [2.05, 4.69) is 0 Å². The van der Waals surface area contributed by atoms with E-state index in [1.54, 1.807) is 0 Å². The van der Waals surface area contributed by atoms with E-state index in [9.17, 15) is 4.79 Å². The van der Waals surface area contributed by atoms with E-state index in [0.717, 1.165) is 19.4 Å². The molecule has 0 spiro atoms. The van der Waals surface area contributed by atoms with Gasteiger partial charge in [-0.2, -0.15) is 0 Å². The van der Waals surface area contributed by atoms with Gasteiger partial charge in [0.05, 0.1) is 13.2 Å². The van der Waals surface area contributed by atoms with Crippen LogP contribution >= 0.6 is 11.6 Å². The molecule has 0 aromatic heterocycles. The van der Waals surface area contributed by atoms with Crippen LogP contribution in [0.3, 0.4) is 0 Å². The Balaban J connectivity index is 2.17. The summed E-state index contributed by atoms with van der Waals surface area (Å²) in [7, 11) is 0. The molecule has 11 heavy (non-hydrogen) atoms. The second-order valence-electron chi connectivity index (χ2n) is 2.48. The van der Waals surface area contributed by atoms with Crippen LogP contribution in [0.1, 0.15) is 19.3 Å². The Bertz CT molecular complexity index is 134. The SMILES string of the molecule is O=C(CCCCl)N1CCCO1. The number of rotatable bonds is 3. The first-order valence-electron chi connectivity index (χ1n) is 3.84. The predicted octanol–water partition coefficient (Wildman–Crippen LogP) is 1.17. The van der Waals surface area contributed by atoms with Crippen molar-refractivity contribution in [3.05, 3.63) is 0 Å². The van der Waals surface area contributed by atoms with E-state index in [4.69, 9.17) is 16.4 Å². The van der Waals surface area contributed by atoms with Crippen molar-refractivity contribution in [1.82, 2.24) is 5.06 Å². The van der Waals surface area contributed by atoms with Crippen LogP contribution in [0.2, 0.25) is 0 Å². The highest BCUT2D eigenvalue weighted by molar-refractivity contribution is 6.17. The average Bonchev–Trinajstić information content (AvgIpc) is 2.52. The lowest BCUT2D eigenvalue weighted by atomic mass is 10.3. The summed E-state index contributed by atoms with van der Waals surface area (Å²) in [6, 6.07) is 0. The molecular weight excluding hydrogens is 166 g/mol. The van der Waals surface area contributed by atoms with E-state index in [0.29, 0.717) is 18.9 Å². The number of halogens is 1. The number of nitrogens with zero attached hydrogens (tertiary/aromatic N) is 1. The van der Waals surface area contributed by atoms with Crippen LogP contribution in [0, 0.1) is 0 Å². The molecule has 3 nitrogen and oxygen atoms in total. The van der Waals surface area contributed by atoms with E-state index in [1.807, 2.05) is 0 Å². The van der Waals surface area contributed by atoms with E-state index in [-0.39, 0.29) is 5.91 Å². The summed E-state index contributed by atoms with van der Waals surface area (Å²) in [5, 5.41) is 1.44. The van der Waals surface area contributed by atoms with Gasteiger partial charge >= 0.3 is 0 Å². The maximum absolute atomic E-state index is 11.1. The summed E-state index contributed by atoms with van der Waals surface area (Å²) in [4.78, 5) is 16.2. The van der Waals surface area contributed by atoms with Gasteiger partial charge in [0, 0.05) is 12.3 Å². The van der Waals surface area contributed by atoms with Gasteiger partial charge in [0.15, 0.2) is 0 Å². The van der Waals surface area contributed by atoms with Crippen molar-refractivity contribution in [2.45, 2.75) is 19.3 Å². The van der Waals surface area contributed by atoms with Gasteiger partial charge < -0.3 is 0 Å². The first kappa shape index (κ1) is 8.81. The van der Waals surface area contributed by atoms with Crippen LogP contribution in [0.4, 0.5) is 0 Å². The Labute approximate surface area is 71.2 Å². The Morgan fingerprint density at radius 2 is 2.45 bits per heavy atom. The highest BCUT2D eigenvalue weighted by Crippen LogP contribution is 2.07. The molecule has 0 atom stereocenters. The molecule has 0 aromatic carbocycles. The van der Waals surface area contributed by atoms with Gasteiger partial charge in [-0.05, 0) is 12.8 Å². The summed E-state index contributed by atoms with van der Waals surface area (Å²) in [6.45, 7) is 1.41. The van der Waals surface area contributed by atoms with Crippen molar-refractivity contribution in [2.24, 2.45) is 0 Å². The number of hydrogen-bond acceptors (Lipinski definition) is 2. The lowest BCUT2D eigenvalue weighted by molar-refractivity contribution is -0.168. The van der Waals surface area contributed by atoms with Crippen LogP contribution in [-0.2, 0) is 9.63 Å². The summed E-state index contributed by atoms with van der Waals surface area (Å²) in [6.07, 6.45) is 2.19. The lowest BCUT2D eigenvalue weighted by Gasteiger charge is -2.12. The zero-order valence-corrected chi connectivity index (χ0v) is 7.14. The molecule has 1 heterocycles. The van der Waals surface area contributed by atoms with Gasteiger partial charge in [-0.25, -0.2) is 5.06 Å². The number of carbonyl (C=O) groups is 1. The van der Waals surface area contributed by atoms with Crippen molar-refractivity contribution in [1.29, 1.82) is 0 Å². The van der Waals surface area contributed by atoms with Crippen LogP contribution in [-0.4, -0.2) is 30.0 Å². The van der Waals surface area contributed by atoms with Crippen LogP contribution in [0.25, 0.3) is 0 Å². The number of alkyl halides is 1. The van der Waals surface area contributed by atoms with Crippen LogP contribution < -0.4 is 0 Å². The molecule has 1 aliphatic heterocycles. The zero-order valence-electron chi connectivity index (χ0n) is 6.38. The van der Waals surface area contributed by atoms with E-state index in [1.165, 1.54) is 5.06 Å². The molecule has 0 saturated carbocycles. The second kappa shape index (κ2) is 4.57. The maximum Gasteiger partial charge on any atom is 0.246 e. The quantitative estimate of drug-likeness (QED) is 0.606.